The van der Waals surface area contributed by atoms with Crippen LogP contribution in [0.4, 0.5) is 5.69 Å². The number of hydrogen-bond donors (Lipinski definition) is 2. The van der Waals surface area contributed by atoms with Crippen molar-refractivity contribution in [1.82, 2.24) is 10.2 Å². The van der Waals surface area contributed by atoms with Crippen LogP contribution in [0.1, 0.15) is 5.56 Å². The summed E-state index contributed by atoms with van der Waals surface area (Å²) >= 11 is 0. The molecule has 3 rings (SSSR count). The maximum atomic E-state index is 12.3. The Bertz CT molecular complexity index is 956. The number of aromatic amines is 1. The third-order valence-electron chi connectivity index (χ3n) is 4.06. The number of benzene rings is 2. The van der Waals surface area contributed by atoms with Crippen LogP contribution in [0.3, 0.4) is 0 Å². The summed E-state index contributed by atoms with van der Waals surface area (Å²) in [6.45, 7) is 0. The molecule has 144 valence electrons. The van der Waals surface area contributed by atoms with Crippen LogP contribution in [-0.2, 0) is 4.79 Å². The predicted octanol–water partition coefficient (Wildman–Crippen LogP) is 3.75. The lowest BCUT2D eigenvalue weighted by molar-refractivity contribution is -0.111. The van der Waals surface area contributed by atoms with Crippen LogP contribution in [0.2, 0.25) is 0 Å². The first-order chi connectivity index (χ1) is 13.6. The van der Waals surface area contributed by atoms with Crippen molar-refractivity contribution in [1.29, 1.82) is 0 Å². The van der Waals surface area contributed by atoms with Gasteiger partial charge in [0.15, 0.2) is 11.5 Å². The van der Waals surface area contributed by atoms with E-state index in [-0.39, 0.29) is 5.91 Å². The number of rotatable bonds is 7. The van der Waals surface area contributed by atoms with Crippen molar-refractivity contribution in [3.63, 3.8) is 0 Å². The highest BCUT2D eigenvalue weighted by atomic mass is 16.5. The molecule has 0 aliphatic carbocycles. The molecular weight excluding hydrogens is 358 g/mol. The lowest BCUT2D eigenvalue weighted by Gasteiger charge is -2.12. The van der Waals surface area contributed by atoms with Crippen LogP contribution >= 0.6 is 0 Å². The lowest BCUT2D eigenvalue weighted by Crippen LogP contribution is -2.07. The van der Waals surface area contributed by atoms with Gasteiger partial charge < -0.3 is 19.5 Å². The van der Waals surface area contributed by atoms with Crippen LogP contribution < -0.4 is 19.5 Å². The van der Waals surface area contributed by atoms with Gasteiger partial charge in [0, 0.05) is 23.5 Å². The van der Waals surface area contributed by atoms with Gasteiger partial charge in [0.05, 0.1) is 27.0 Å². The molecule has 0 bridgehead atoms. The van der Waals surface area contributed by atoms with E-state index in [4.69, 9.17) is 14.2 Å². The van der Waals surface area contributed by atoms with Crippen LogP contribution in [-0.4, -0.2) is 37.4 Å². The molecule has 0 spiro atoms. The molecular formula is C21H21N3O4. The van der Waals surface area contributed by atoms with Crippen LogP contribution in [0, 0.1) is 0 Å². The van der Waals surface area contributed by atoms with Crippen molar-refractivity contribution in [3.8, 4) is 28.5 Å². The molecule has 0 saturated heterocycles. The molecule has 2 aromatic carbocycles. The number of nitrogens with one attached hydrogen (secondary N) is 2. The molecule has 1 amide bonds. The maximum absolute atomic E-state index is 12.3. The molecule has 0 radical (unpaired) electrons. The van der Waals surface area contributed by atoms with Crippen molar-refractivity contribution in [2.75, 3.05) is 26.6 Å². The fourth-order valence-corrected chi connectivity index (χ4v) is 2.73. The largest absolute Gasteiger partial charge is 0.493 e. The summed E-state index contributed by atoms with van der Waals surface area (Å²) in [6, 6.07) is 12.9. The molecule has 1 heterocycles. The third kappa shape index (κ3) is 4.32. The molecule has 0 atom stereocenters. The summed E-state index contributed by atoms with van der Waals surface area (Å²) in [5.74, 6) is 1.29. The van der Waals surface area contributed by atoms with Gasteiger partial charge in [0.25, 0.3) is 0 Å². The van der Waals surface area contributed by atoms with E-state index < -0.39 is 0 Å². The summed E-state index contributed by atoms with van der Waals surface area (Å²) in [5.41, 5.74) is 3.25. The number of carbonyl (C=O) groups excluding carboxylic acids is 1. The molecule has 3 aromatic rings. The number of H-pyrrole nitrogens is 1. The van der Waals surface area contributed by atoms with Gasteiger partial charge in [-0.25, -0.2) is 0 Å². The van der Waals surface area contributed by atoms with Crippen molar-refractivity contribution in [2.45, 2.75) is 0 Å². The molecule has 0 aliphatic heterocycles. The minimum Gasteiger partial charge on any atom is -0.493 e. The monoisotopic (exact) mass is 379 g/mol. The van der Waals surface area contributed by atoms with Crippen molar-refractivity contribution >= 4 is 17.7 Å². The van der Waals surface area contributed by atoms with Gasteiger partial charge in [-0.3, -0.25) is 9.89 Å². The Morgan fingerprint density at radius 2 is 1.79 bits per heavy atom. The number of methoxy groups -OCH3 is 3. The van der Waals surface area contributed by atoms with Gasteiger partial charge in [-0.05, 0) is 42.0 Å². The van der Waals surface area contributed by atoms with Crippen molar-refractivity contribution < 1.29 is 19.0 Å². The SMILES string of the molecule is COc1cc(/C=C/C(=O)Nc2cccc(-c3ccn[nH]3)c2)cc(OC)c1OC. The second-order valence-corrected chi connectivity index (χ2v) is 5.83. The highest BCUT2D eigenvalue weighted by Gasteiger charge is 2.12. The topological polar surface area (TPSA) is 85.5 Å². The molecule has 28 heavy (non-hydrogen) atoms. The van der Waals surface area contributed by atoms with E-state index in [1.165, 1.54) is 6.08 Å². The van der Waals surface area contributed by atoms with Gasteiger partial charge in [-0.1, -0.05) is 12.1 Å². The summed E-state index contributed by atoms with van der Waals surface area (Å²) in [5, 5.41) is 9.69. The molecule has 0 unspecified atom stereocenters. The fraction of sp³-hybridized carbons (Fsp3) is 0.143. The Morgan fingerprint density at radius 1 is 1.04 bits per heavy atom. The van der Waals surface area contributed by atoms with E-state index in [9.17, 15) is 4.79 Å². The van der Waals surface area contributed by atoms with Crippen LogP contribution in [0.25, 0.3) is 17.3 Å². The number of ether oxygens (including phenoxy) is 3. The minimum atomic E-state index is -0.254. The highest BCUT2D eigenvalue weighted by molar-refractivity contribution is 6.02. The zero-order chi connectivity index (χ0) is 19.9. The highest BCUT2D eigenvalue weighted by Crippen LogP contribution is 2.38. The van der Waals surface area contributed by atoms with E-state index in [2.05, 4.69) is 15.5 Å². The smallest absolute Gasteiger partial charge is 0.248 e. The first kappa shape index (κ1) is 19.0. The zero-order valence-electron chi connectivity index (χ0n) is 15.9. The van der Waals surface area contributed by atoms with E-state index in [1.807, 2.05) is 30.3 Å². The number of hydrogen-bond acceptors (Lipinski definition) is 5. The van der Waals surface area contributed by atoms with Gasteiger partial charge >= 0.3 is 0 Å². The summed E-state index contributed by atoms with van der Waals surface area (Å²) in [7, 11) is 4.63. The van der Waals surface area contributed by atoms with E-state index in [1.54, 1.807) is 45.7 Å². The number of anilines is 1. The molecule has 0 aliphatic rings. The predicted molar refractivity (Wildman–Crippen MR) is 108 cm³/mol. The maximum Gasteiger partial charge on any atom is 0.248 e. The molecule has 7 nitrogen and oxygen atoms in total. The summed E-state index contributed by atoms with van der Waals surface area (Å²) in [4.78, 5) is 12.3. The standard InChI is InChI=1S/C21H21N3O4/c1-26-18-11-14(12-19(27-2)21(18)28-3)7-8-20(25)23-16-6-4-5-15(13-16)17-9-10-22-24-17/h4-13H,1-3H3,(H,22,24)(H,23,25)/b8-7+. The average Bonchev–Trinajstić information content (AvgIpc) is 3.26. The lowest BCUT2D eigenvalue weighted by atomic mass is 10.1. The number of aromatic nitrogens is 2. The van der Waals surface area contributed by atoms with E-state index >= 15 is 0 Å². The molecule has 0 fully saturated rings. The van der Waals surface area contributed by atoms with E-state index in [0.717, 1.165) is 16.8 Å². The first-order valence-corrected chi connectivity index (χ1v) is 8.53. The van der Waals surface area contributed by atoms with Crippen molar-refractivity contribution in [2.24, 2.45) is 0 Å². The summed E-state index contributed by atoms with van der Waals surface area (Å²) < 4.78 is 15.9. The fourth-order valence-electron chi connectivity index (χ4n) is 2.73. The van der Waals surface area contributed by atoms with Crippen molar-refractivity contribution in [3.05, 3.63) is 60.3 Å². The number of carbonyl (C=O) groups is 1. The van der Waals surface area contributed by atoms with Gasteiger partial charge in [-0.15, -0.1) is 0 Å². The van der Waals surface area contributed by atoms with E-state index in [0.29, 0.717) is 22.9 Å². The Kier molecular flexibility index (Phi) is 5.96. The van der Waals surface area contributed by atoms with Gasteiger partial charge in [0.2, 0.25) is 11.7 Å². The Balaban J connectivity index is 1.75. The van der Waals surface area contributed by atoms with Crippen LogP contribution in [0.5, 0.6) is 17.2 Å². The second kappa shape index (κ2) is 8.77. The number of nitrogens with zero attached hydrogens (tertiary/aromatic N) is 1. The third-order valence-corrected chi connectivity index (χ3v) is 4.06. The number of amides is 1. The molecule has 2 N–H and O–H groups in total. The van der Waals surface area contributed by atoms with Crippen LogP contribution in [0.15, 0.2) is 54.7 Å². The minimum absolute atomic E-state index is 0.254. The average molecular weight is 379 g/mol. The Hall–Kier alpha value is -3.74. The molecule has 7 heteroatoms. The van der Waals surface area contributed by atoms with Gasteiger partial charge in [-0.2, -0.15) is 5.10 Å². The zero-order valence-corrected chi connectivity index (χ0v) is 15.9. The summed E-state index contributed by atoms with van der Waals surface area (Å²) in [6.07, 6.45) is 4.81. The Morgan fingerprint density at radius 3 is 2.39 bits per heavy atom. The quantitative estimate of drug-likeness (QED) is 0.611. The molecule has 0 saturated carbocycles. The first-order valence-electron chi connectivity index (χ1n) is 8.53. The normalized spacial score (nSPS) is 10.7. The Labute approximate surface area is 162 Å². The second-order valence-electron chi connectivity index (χ2n) is 5.83. The molecule has 1 aromatic heterocycles. The van der Waals surface area contributed by atoms with Gasteiger partial charge in [0.1, 0.15) is 0 Å².